The van der Waals surface area contributed by atoms with Gasteiger partial charge < -0.3 is 14.2 Å². The Morgan fingerprint density at radius 3 is 0.800 bits per heavy atom. The first kappa shape index (κ1) is 75.8. The van der Waals surface area contributed by atoms with Gasteiger partial charge in [0.1, 0.15) is 13.2 Å². The molecule has 0 amide bonds. The van der Waals surface area contributed by atoms with Gasteiger partial charge in [0, 0.05) is 19.3 Å². The van der Waals surface area contributed by atoms with Crippen molar-refractivity contribution in [2.24, 2.45) is 0 Å². The van der Waals surface area contributed by atoms with Crippen molar-refractivity contribution in [3.8, 4) is 0 Å². The molecule has 0 bridgehead atoms. The van der Waals surface area contributed by atoms with Crippen molar-refractivity contribution in [2.45, 2.75) is 316 Å². The summed E-state index contributed by atoms with van der Waals surface area (Å²) < 4.78 is 16.9. The number of rotatable bonds is 60. The minimum Gasteiger partial charge on any atom is -0.462 e. The Labute approximate surface area is 494 Å². The van der Waals surface area contributed by atoms with Gasteiger partial charge in [-0.1, -0.05) is 277 Å². The van der Waals surface area contributed by atoms with E-state index in [-0.39, 0.29) is 31.1 Å². The molecule has 0 spiro atoms. The van der Waals surface area contributed by atoms with Crippen LogP contribution in [0, 0.1) is 0 Å². The van der Waals surface area contributed by atoms with Gasteiger partial charge in [-0.3, -0.25) is 14.4 Å². The Morgan fingerprint density at radius 1 is 0.263 bits per heavy atom. The quantitative estimate of drug-likeness (QED) is 0.0261. The van der Waals surface area contributed by atoms with Crippen molar-refractivity contribution in [1.29, 1.82) is 0 Å². The van der Waals surface area contributed by atoms with E-state index in [0.29, 0.717) is 25.7 Å². The van der Waals surface area contributed by atoms with E-state index >= 15 is 0 Å². The minimum atomic E-state index is -0.805. The molecule has 0 aromatic carbocycles. The Hall–Kier alpha value is -4.19. The molecule has 0 aromatic rings. The van der Waals surface area contributed by atoms with Crippen molar-refractivity contribution in [3.05, 3.63) is 122 Å². The van der Waals surface area contributed by atoms with Gasteiger partial charge in [-0.25, -0.2) is 0 Å². The van der Waals surface area contributed by atoms with Crippen LogP contribution in [0.3, 0.4) is 0 Å². The Bertz CT molecular complexity index is 1650. The number of esters is 3. The monoisotopic (exact) mass is 1110 g/mol. The fourth-order valence-electron chi connectivity index (χ4n) is 9.15. The standard InChI is InChI=1S/C74H124O6/c1-4-7-10-13-16-19-22-25-28-30-32-34-35-36-37-38-39-41-42-44-46-49-52-55-58-61-64-67-73(76)79-70-71(69-78-72(75)66-63-60-57-54-51-48-27-24-21-18-15-12-9-6-3)80-74(77)68-65-62-59-56-53-50-47-45-43-40-33-31-29-26-23-20-17-14-11-8-5-2/h7,10,16,19,24-25,27-28,31-34,36-37,39,41,44,46,52,55,71H,4-6,8-9,11-15,17-18,20-23,26,29-30,35,38,40,42-43,45,47-51,53-54,56-70H2,1-3H3/b10-7-,19-16-,27-24-,28-25-,33-31-,34-32-,37-36-,41-39-,46-44-,55-52-. The summed E-state index contributed by atoms with van der Waals surface area (Å²) in [6.07, 6.45) is 93.5. The van der Waals surface area contributed by atoms with Gasteiger partial charge in [0.2, 0.25) is 0 Å². The zero-order chi connectivity index (χ0) is 57.8. The van der Waals surface area contributed by atoms with Crippen molar-refractivity contribution < 1.29 is 28.6 Å². The summed E-state index contributed by atoms with van der Waals surface area (Å²) in [6.45, 7) is 6.49. The maximum absolute atomic E-state index is 12.9. The summed E-state index contributed by atoms with van der Waals surface area (Å²) >= 11 is 0. The lowest BCUT2D eigenvalue weighted by Crippen LogP contribution is -2.30. The van der Waals surface area contributed by atoms with E-state index < -0.39 is 6.10 Å². The third-order valence-corrected chi connectivity index (χ3v) is 14.2. The second-order valence-electron chi connectivity index (χ2n) is 22.0. The maximum atomic E-state index is 12.9. The van der Waals surface area contributed by atoms with Crippen LogP contribution < -0.4 is 0 Å². The van der Waals surface area contributed by atoms with E-state index in [0.717, 1.165) is 116 Å². The molecule has 0 aliphatic heterocycles. The highest BCUT2D eigenvalue weighted by Gasteiger charge is 2.19. The molecular weight excluding hydrogens is 985 g/mol. The number of ether oxygens (including phenoxy) is 3. The number of hydrogen-bond acceptors (Lipinski definition) is 6. The van der Waals surface area contributed by atoms with E-state index in [4.69, 9.17) is 14.2 Å². The minimum absolute atomic E-state index is 0.0982. The van der Waals surface area contributed by atoms with Crippen molar-refractivity contribution in [2.75, 3.05) is 13.2 Å². The van der Waals surface area contributed by atoms with E-state index in [2.05, 4.69) is 142 Å². The second-order valence-corrected chi connectivity index (χ2v) is 22.0. The lowest BCUT2D eigenvalue weighted by atomic mass is 10.1. The van der Waals surface area contributed by atoms with Gasteiger partial charge in [-0.15, -0.1) is 0 Å². The maximum Gasteiger partial charge on any atom is 0.306 e. The SMILES string of the molecule is CC/C=C\C/C=C\C/C=C\C/C=C\C/C=C\C/C=C\C/C=C\C/C=C\CCCCC(=O)OCC(COC(=O)CCCCCCC/C=C\CCCCCCC)OC(=O)CCCCCCCCCCC/C=C\CCCCCCCCCC. The summed E-state index contributed by atoms with van der Waals surface area (Å²) in [5.74, 6) is -0.947. The summed E-state index contributed by atoms with van der Waals surface area (Å²) in [5, 5.41) is 0. The number of unbranched alkanes of at least 4 members (excludes halogenated alkanes) is 29. The van der Waals surface area contributed by atoms with Crippen molar-refractivity contribution >= 4 is 17.9 Å². The first-order valence-corrected chi connectivity index (χ1v) is 33.5. The molecule has 0 saturated heterocycles. The summed E-state index contributed by atoms with van der Waals surface area (Å²) in [7, 11) is 0. The Morgan fingerprint density at radius 2 is 0.487 bits per heavy atom. The average Bonchev–Trinajstić information content (AvgIpc) is 3.46. The van der Waals surface area contributed by atoms with Crippen LogP contribution >= 0.6 is 0 Å². The molecule has 0 aliphatic rings. The van der Waals surface area contributed by atoms with E-state index in [1.54, 1.807) is 0 Å². The van der Waals surface area contributed by atoms with Crippen LogP contribution in [0.25, 0.3) is 0 Å². The average molecular weight is 1110 g/mol. The fraction of sp³-hybridized carbons (Fsp3) is 0.689. The molecule has 0 fully saturated rings. The second kappa shape index (κ2) is 67.3. The van der Waals surface area contributed by atoms with E-state index in [1.807, 2.05) is 0 Å². The zero-order valence-corrected chi connectivity index (χ0v) is 52.3. The van der Waals surface area contributed by atoms with Gasteiger partial charge in [-0.2, -0.15) is 0 Å². The van der Waals surface area contributed by atoms with Crippen LogP contribution in [0.5, 0.6) is 0 Å². The van der Waals surface area contributed by atoms with Gasteiger partial charge in [0.05, 0.1) is 0 Å². The van der Waals surface area contributed by atoms with Gasteiger partial charge in [0.15, 0.2) is 6.10 Å². The predicted octanol–water partition coefficient (Wildman–Crippen LogP) is 23.2. The van der Waals surface area contributed by atoms with Crippen LogP contribution in [-0.2, 0) is 28.6 Å². The summed E-state index contributed by atoms with van der Waals surface area (Å²) in [6, 6.07) is 0. The summed E-state index contributed by atoms with van der Waals surface area (Å²) in [5.41, 5.74) is 0. The molecule has 0 N–H and O–H groups in total. The molecular formula is C74H124O6. The third kappa shape index (κ3) is 64.6. The zero-order valence-electron chi connectivity index (χ0n) is 52.3. The first-order valence-electron chi connectivity index (χ1n) is 33.5. The van der Waals surface area contributed by atoms with Gasteiger partial charge >= 0.3 is 17.9 Å². The molecule has 456 valence electrons. The van der Waals surface area contributed by atoms with Crippen LogP contribution in [-0.4, -0.2) is 37.2 Å². The number of carbonyl (C=O) groups is 3. The van der Waals surface area contributed by atoms with Gasteiger partial charge in [0.25, 0.3) is 0 Å². The van der Waals surface area contributed by atoms with E-state index in [1.165, 1.54) is 148 Å². The van der Waals surface area contributed by atoms with Gasteiger partial charge in [-0.05, 0) is 135 Å². The van der Waals surface area contributed by atoms with Crippen molar-refractivity contribution in [1.82, 2.24) is 0 Å². The normalized spacial score (nSPS) is 12.9. The molecule has 1 unspecified atom stereocenters. The number of carbonyl (C=O) groups excluding carboxylic acids is 3. The molecule has 1 atom stereocenters. The predicted molar refractivity (Wildman–Crippen MR) is 348 cm³/mol. The highest BCUT2D eigenvalue weighted by Crippen LogP contribution is 2.15. The molecule has 0 heterocycles. The highest BCUT2D eigenvalue weighted by molar-refractivity contribution is 5.71. The number of hydrogen-bond donors (Lipinski definition) is 0. The molecule has 0 radical (unpaired) electrons. The molecule has 6 nitrogen and oxygen atoms in total. The third-order valence-electron chi connectivity index (χ3n) is 14.2. The van der Waals surface area contributed by atoms with Crippen LogP contribution in [0.15, 0.2) is 122 Å². The molecule has 80 heavy (non-hydrogen) atoms. The summed E-state index contributed by atoms with van der Waals surface area (Å²) in [4.78, 5) is 38.4. The molecule has 0 saturated carbocycles. The Balaban J connectivity index is 4.44. The van der Waals surface area contributed by atoms with Crippen LogP contribution in [0.4, 0.5) is 0 Å². The molecule has 6 heteroatoms. The fourth-order valence-corrected chi connectivity index (χ4v) is 9.15. The smallest absolute Gasteiger partial charge is 0.306 e. The van der Waals surface area contributed by atoms with Crippen molar-refractivity contribution in [3.63, 3.8) is 0 Å². The molecule has 0 rings (SSSR count). The lowest BCUT2D eigenvalue weighted by molar-refractivity contribution is -0.167. The molecule has 0 aliphatic carbocycles. The largest absolute Gasteiger partial charge is 0.462 e. The first-order chi connectivity index (χ1) is 39.5. The molecule has 0 aromatic heterocycles. The van der Waals surface area contributed by atoms with E-state index in [9.17, 15) is 14.4 Å². The number of allylic oxidation sites excluding steroid dienone is 20. The van der Waals surface area contributed by atoms with Crippen LogP contribution in [0.2, 0.25) is 0 Å². The Kier molecular flexibility index (Phi) is 63.8. The topological polar surface area (TPSA) is 78.9 Å². The van der Waals surface area contributed by atoms with Crippen LogP contribution in [0.1, 0.15) is 310 Å². The highest BCUT2D eigenvalue weighted by atomic mass is 16.6. The lowest BCUT2D eigenvalue weighted by Gasteiger charge is -2.18.